The molecule has 3 heteroatoms. The summed E-state index contributed by atoms with van der Waals surface area (Å²) < 4.78 is 5.39. The van der Waals surface area contributed by atoms with Crippen LogP contribution in [-0.4, -0.2) is 5.16 Å². The SMILES string of the molecule is CCCC(C)c1onc(N)c1-c1ccccc1. The minimum Gasteiger partial charge on any atom is -0.380 e. The Morgan fingerprint density at radius 3 is 2.65 bits per heavy atom. The molecule has 0 aliphatic carbocycles. The van der Waals surface area contributed by atoms with Crippen LogP contribution in [0.3, 0.4) is 0 Å². The van der Waals surface area contributed by atoms with Crippen LogP contribution in [0.25, 0.3) is 11.1 Å². The predicted octanol–water partition coefficient (Wildman–Crippen LogP) is 3.83. The van der Waals surface area contributed by atoms with Gasteiger partial charge in [-0.15, -0.1) is 0 Å². The highest BCUT2D eigenvalue weighted by molar-refractivity contribution is 5.75. The molecule has 0 spiro atoms. The Labute approximate surface area is 102 Å². The molecule has 0 radical (unpaired) electrons. The summed E-state index contributed by atoms with van der Waals surface area (Å²) in [6.07, 6.45) is 2.20. The molecule has 0 saturated heterocycles. The van der Waals surface area contributed by atoms with Crippen molar-refractivity contribution in [3.05, 3.63) is 36.1 Å². The molecule has 0 amide bonds. The number of nitrogen functional groups attached to an aromatic ring is 1. The molecule has 0 fully saturated rings. The first-order chi connectivity index (χ1) is 8.24. The van der Waals surface area contributed by atoms with Crippen molar-refractivity contribution in [2.24, 2.45) is 0 Å². The first-order valence-electron chi connectivity index (χ1n) is 6.04. The molecule has 3 nitrogen and oxygen atoms in total. The van der Waals surface area contributed by atoms with Gasteiger partial charge in [0.15, 0.2) is 5.82 Å². The zero-order valence-corrected chi connectivity index (χ0v) is 10.3. The standard InChI is InChI=1S/C14H18N2O/c1-3-7-10(2)13-12(14(15)16-17-13)11-8-5-4-6-9-11/h4-6,8-10H,3,7H2,1-2H3,(H2,15,16). The van der Waals surface area contributed by atoms with E-state index >= 15 is 0 Å². The van der Waals surface area contributed by atoms with Crippen molar-refractivity contribution < 1.29 is 4.52 Å². The van der Waals surface area contributed by atoms with Crippen LogP contribution in [0, 0.1) is 0 Å². The van der Waals surface area contributed by atoms with Gasteiger partial charge in [-0.05, 0) is 12.0 Å². The zero-order chi connectivity index (χ0) is 12.3. The van der Waals surface area contributed by atoms with Crippen LogP contribution < -0.4 is 5.73 Å². The summed E-state index contributed by atoms with van der Waals surface area (Å²) in [4.78, 5) is 0. The quantitative estimate of drug-likeness (QED) is 0.868. The van der Waals surface area contributed by atoms with Gasteiger partial charge in [-0.25, -0.2) is 0 Å². The smallest absolute Gasteiger partial charge is 0.175 e. The van der Waals surface area contributed by atoms with E-state index in [0.717, 1.165) is 29.7 Å². The van der Waals surface area contributed by atoms with Crippen molar-refractivity contribution in [1.29, 1.82) is 0 Å². The number of aromatic nitrogens is 1. The van der Waals surface area contributed by atoms with Gasteiger partial charge in [-0.3, -0.25) is 0 Å². The highest BCUT2D eigenvalue weighted by Gasteiger charge is 2.20. The van der Waals surface area contributed by atoms with E-state index < -0.39 is 0 Å². The van der Waals surface area contributed by atoms with Gasteiger partial charge < -0.3 is 10.3 Å². The average Bonchev–Trinajstić information content (AvgIpc) is 2.73. The van der Waals surface area contributed by atoms with E-state index in [1.54, 1.807) is 0 Å². The highest BCUT2D eigenvalue weighted by atomic mass is 16.5. The molecule has 90 valence electrons. The Balaban J connectivity index is 2.43. The number of benzene rings is 1. The Morgan fingerprint density at radius 2 is 2.00 bits per heavy atom. The van der Waals surface area contributed by atoms with Crippen molar-refractivity contribution in [2.45, 2.75) is 32.6 Å². The normalized spacial score (nSPS) is 12.6. The Hall–Kier alpha value is -1.77. The van der Waals surface area contributed by atoms with E-state index in [0.29, 0.717) is 11.7 Å². The summed E-state index contributed by atoms with van der Waals surface area (Å²) >= 11 is 0. The molecule has 1 atom stereocenters. The van der Waals surface area contributed by atoms with E-state index in [9.17, 15) is 0 Å². The molecule has 0 aliphatic rings. The topological polar surface area (TPSA) is 52.0 Å². The van der Waals surface area contributed by atoms with E-state index in [4.69, 9.17) is 10.3 Å². The molecule has 0 saturated carbocycles. The van der Waals surface area contributed by atoms with E-state index in [2.05, 4.69) is 19.0 Å². The second-order valence-electron chi connectivity index (χ2n) is 4.36. The molecular weight excluding hydrogens is 212 g/mol. The molecule has 0 bridgehead atoms. The lowest BCUT2D eigenvalue weighted by Gasteiger charge is -2.08. The minimum absolute atomic E-state index is 0.347. The average molecular weight is 230 g/mol. The predicted molar refractivity (Wildman–Crippen MR) is 69.7 cm³/mol. The van der Waals surface area contributed by atoms with Crippen LogP contribution in [-0.2, 0) is 0 Å². The van der Waals surface area contributed by atoms with Gasteiger partial charge in [0.05, 0.1) is 5.56 Å². The Kier molecular flexibility index (Phi) is 3.47. The maximum atomic E-state index is 5.90. The summed E-state index contributed by atoms with van der Waals surface area (Å²) in [6.45, 7) is 4.31. The number of anilines is 1. The second kappa shape index (κ2) is 5.04. The molecule has 1 aromatic carbocycles. The molecule has 1 heterocycles. The third kappa shape index (κ3) is 2.33. The lowest BCUT2D eigenvalue weighted by molar-refractivity contribution is 0.362. The van der Waals surface area contributed by atoms with Crippen LogP contribution in [0.5, 0.6) is 0 Å². The Bertz CT molecular complexity index is 476. The van der Waals surface area contributed by atoms with Gasteiger partial charge in [0.2, 0.25) is 0 Å². The summed E-state index contributed by atoms with van der Waals surface area (Å²) in [6, 6.07) is 10.0. The van der Waals surface area contributed by atoms with Crippen LogP contribution >= 0.6 is 0 Å². The largest absolute Gasteiger partial charge is 0.380 e. The van der Waals surface area contributed by atoms with Gasteiger partial charge in [0, 0.05) is 5.92 Å². The minimum atomic E-state index is 0.347. The van der Waals surface area contributed by atoms with Crippen LogP contribution in [0.1, 0.15) is 38.4 Å². The second-order valence-corrected chi connectivity index (χ2v) is 4.36. The molecule has 2 rings (SSSR count). The fourth-order valence-electron chi connectivity index (χ4n) is 2.11. The molecule has 2 aromatic rings. The third-order valence-corrected chi connectivity index (χ3v) is 2.98. The maximum absolute atomic E-state index is 5.90. The monoisotopic (exact) mass is 230 g/mol. The lowest BCUT2D eigenvalue weighted by Crippen LogP contribution is -1.95. The fourth-order valence-corrected chi connectivity index (χ4v) is 2.11. The van der Waals surface area contributed by atoms with Crippen LogP contribution in [0.15, 0.2) is 34.9 Å². The van der Waals surface area contributed by atoms with Crippen molar-refractivity contribution in [3.8, 4) is 11.1 Å². The number of rotatable bonds is 4. The van der Waals surface area contributed by atoms with Crippen molar-refractivity contribution >= 4 is 5.82 Å². The Morgan fingerprint density at radius 1 is 1.29 bits per heavy atom. The third-order valence-electron chi connectivity index (χ3n) is 2.98. The number of hydrogen-bond acceptors (Lipinski definition) is 3. The van der Waals surface area contributed by atoms with Gasteiger partial charge in [0.25, 0.3) is 0 Å². The molecule has 17 heavy (non-hydrogen) atoms. The van der Waals surface area contributed by atoms with Gasteiger partial charge in [0.1, 0.15) is 5.76 Å². The summed E-state index contributed by atoms with van der Waals surface area (Å²) in [7, 11) is 0. The molecule has 2 N–H and O–H groups in total. The van der Waals surface area contributed by atoms with E-state index in [-0.39, 0.29) is 0 Å². The van der Waals surface area contributed by atoms with Crippen molar-refractivity contribution in [3.63, 3.8) is 0 Å². The molecule has 1 aromatic heterocycles. The van der Waals surface area contributed by atoms with Crippen molar-refractivity contribution in [2.75, 3.05) is 5.73 Å². The molecule has 1 unspecified atom stereocenters. The molecule has 0 aliphatic heterocycles. The fraction of sp³-hybridized carbons (Fsp3) is 0.357. The van der Waals surface area contributed by atoms with Crippen molar-refractivity contribution in [1.82, 2.24) is 5.16 Å². The lowest BCUT2D eigenvalue weighted by atomic mass is 9.96. The van der Waals surface area contributed by atoms with Gasteiger partial charge in [-0.1, -0.05) is 55.8 Å². The van der Waals surface area contributed by atoms with Gasteiger partial charge >= 0.3 is 0 Å². The number of hydrogen-bond donors (Lipinski definition) is 1. The van der Waals surface area contributed by atoms with Crippen LogP contribution in [0.2, 0.25) is 0 Å². The zero-order valence-electron chi connectivity index (χ0n) is 10.3. The highest BCUT2D eigenvalue weighted by Crippen LogP contribution is 2.35. The summed E-state index contributed by atoms with van der Waals surface area (Å²) in [5, 5.41) is 3.90. The van der Waals surface area contributed by atoms with Gasteiger partial charge in [-0.2, -0.15) is 0 Å². The number of nitrogens with zero attached hydrogens (tertiary/aromatic N) is 1. The summed E-state index contributed by atoms with van der Waals surface area (Å²) in [5.41, 5.74) is 7.93. The van der Waals surface area contributed by atoms with E-state index in [1.165, 1.54) is 0 Å². The van der Waals surface area contributed by atoms with Crippen LogP contribution in [0.4, 0.5) is 5.82 Å². The van der Waals surface area contributed by atoms with E-state index in [1.807, 2.05) is 30.3 Å². The number of nitrogens with two attached hydrogens (primary N) is 1. The molecular formula is C14H18N2O. The maximum Gasteiger partial charge on any atom is 0.175 e. The summed E-state index contributed by atoms with van der Waals surface area (Å²) in [5.74, 6) is 1.73. The first kappa shape index (κ1) is 11.7. The first-order valence-corrected chi connectivity index (χ1v) is 6.04.